The number of halogens is 1. The Morgan fingerprint density at radius 1 is 1.14 bits per heavy atom. The topological polar surface area (TPSA) is 84.6 Å². The smallest absolute Gasteiger partial charge is 0.301 e. The lowest BCUT2D eigenvalue weighted by atomic mass is 10.2. The molecule has 0 saturated heterocycles. The third-order valence-corrected chi connectivity index (χ3v) is 5.28. The van der Waals surface area contributed by atoms with Gasteiger partial charge in [0.1, 0.15) is 11.4 Å². The summed E-state index contributed by atoms with van der Waals surface area (Å²) in [5, 5.41) is 14.4. The number of thiazole rings is 1. The highest BCUT2D eigenvalue weighted by Crippen LogP contribution is 2.29. The lowest BCUT2D eigenvalue weighted by Gasteiger charge is -2.01. The minimum absolute atomic E-state index is 0.221. The van der Waals surface area contributed by atoms with Crippen LogP contribution in [0.3, 0.4) is 0 Å². The molecular formula is C20H16ClN5O2S. The van der Waals surface area contributed by atoms with E-state index in [-0.39, 0.29) is 11.2 Å². The number of nitrogens with one attached hydrogen (secondary N) is 1. The number of hydrogen-bond donors (Lipinski definition) is 1. The van der Waals surface area contributed by atoms with Gasteiger partial charge in [-0.2, -0.15) is 4.68 Å². The van der Waals surface area contributed by atoms with Gasteiger partial charge in [-0.3, -0.25) is 9.89 Å². The molecule has 2 heterocycles. The number of H-pyrrole nitrogens is 1. The van der Waals surface area contributed by atoms with Crippen molar-refractivity contribution in [1.82, 2.24) is 14.8 Å². The zero-order valence-corrected chi connectivity index (χ0v) is 17.2. The van der Waals surface area contributed by atoms with E-state index in [1.165, 1.54) is 16.0 Å². The predicted octanol–water partition coefficient (Wildman–Crippen LogP) is 5.67. The molecule has 1 N–H and O–H groups in total. The summed E-state index contributed by atoms with van der Waals surface area (Å²) in [5.41, 5.74) is 2.72. The number of rotatable bonds is 5. The standard InChI is InChI=1S/C20H16ClN5O2S/c1-12-18(24-23-15-5-3-4-6-17(15)28-2)19(27)26(25-12)20-22-16(11-29-20)13-7-9-14(21)10-8-13/h3-11,25H,1-2H3. The van der Waals surface area contributed by atoms with Gasteiger partial charge in [0.15, 0.2) is 5.69 Å². The first-order valence-corrected chi connectivity index (χ1v) is 9.91. The van der Waals surface area contributed by atoms with Crippen LogP contribution in [0.25, 0.3) is 16.4 Å². The number of aryl methyl sites for hydroxylation is 1. The molecule has 0 aliphatic carbocycles. The molecule has 0 amide bonds. The van der Waals surface area contributed by atoms with Crippen molar-refractivity contribution in [2.45, 2.75) is 6.92 Å². The fraction of sp³-hybridized carbons (Fsp3) is 0.100. The SMILES string of the molecule is COc1ccccc1N=Nc1c(C)[nH]n(-c2nc(-c3ccc(Cl)cc3)cs2)c1=O. The Labute approximate surface area is 175 Å². The highest BCUT2D eigenvalue weighted by Gasteiger charge is 2.15. The molecule has 0 spiro atoms. The van der Waals surface area contributed by atoms with E-state index < -0.39 is 0 Å². The summed E-state index contributed by atoms with van der Waals surface area (Å²) >= 11 is 7.29. The van der Waals surface area contributed by atoms with Gasteiger partial charge in [-0.25, -0.2) is 4.98 Å². The summed E-state index contributed by atoms with van der Waals surface area (Å²) in [5.74, 6) is 0.581. The summed E-state index contributed by atoms with van der Waals surface area (Å²) in [6.45, 7) is 1.77. The molecule has 0 aliphatic rings. The number of ether oxygens (including phenoxy) is 1. The fourth-order valence-electron chi connectivity index (χ4n) is 2.73. The molecule has 4 rings (SSSR count). The van der Waals surface area contributed by atoms with Crippen LogP contribution in [0.4, 0.5) is 11.4 Å². The summed E-state index contributed by atoms with van der Waals surface area (Å²) in [7, 11) is 1.56. The van der Waals surface area contributed by atoms with Gasteiger partial charge < -0.3 is 4.74 Å². The largest absolute Gasteiger partial charge is 0.494 e. The lowest BCUT2D eigenvalue weighted by Crippen LogP contribution is -2.13. The number of aromatic amines is 1. The van der Waals surface area contributed by atoms with E-state index in [9.17, 15) is 4.79 Å². The number of aromatic nitrogens is 3. The maximum atomic E-state index is 12.9. The molecule has 7 nitrogen and oxygen atoms in total. The molecule has 0 radical (unpaired) electrons. The van der Waals surface area contributed by atoms with Crippen LogP contribution < -0.4 is 10.3 Å². The second-order valence-corrected chi connectivity index (χ2v) is 7.39. The molecule has 0 bridgehead atoms. The number of azo groups is 1. The Bertz CT molecular complexity index is 1240. The molecule has 0 saturated carbocycles. The van der Waals surface area contributed by atoms with E-state index in [4.69, 9.17) is 16.3 Å². The number of para-hydroxylation sites is 1. The van der Waals surface area contributed by atoms with E-state index in [0.717, 1.165) is 11.3 Å². The number of methoxy groups -OCH3 is 1. The van der Waals surface area contributed by atoms with Gasteiger partial charge >= 0.3 is 5.56 Å². The summed E-state index contributed by atoms with van der Waals surface area (Å²) < 4.78 is 6.63. The quantitative estimate of drug-likeness (QED) is 0.418. The van der Waals surface area contributed by atoms with Gasteiger partial charge in [-0.1, -0.05) is 35.9 Å². The Morgan fingerprint density at radius 3 is 2.66 bits per heavy atom. The predicted molar refractivity (Wildman–Crippen MR) is 114 cm³/mol. The Morgan fingerprint density at radius 2 is 1.90 bits per heavy atom. The molecular weight excluding hydrogens is 410 g/mol. The highest BCUT2D eigenvalue weighted by atomic mass is 35.5. The van der Waals surface area contributed by atoms with Crippen molar-refractivity contribution in [3.05, 3.63) is 75.0 Å². The van der Waals surface area contributed by atoms with Crippen LogP contribution in [0, 0.1) is 6.92 Å². The van der Waals surface area contributed by atoms with Crippen LogP contribution in [0.15, 0.2) is 68.9 Å². The summed E-state index contributed by atoms with van der Waals surface area (Å²) in [4.78, 5) is 17.4. The van der Waals surface area contributed by atoms with Gasteiger partial charge in [-0.15, -0.1) is 21.6 Å². The second-order valence-electron chi connectivity index (χ2n) is 6.12. The van der Waals surface area contributed by atoms with Crippen molar-refractivity contribution in [3.63, 3.8) is 0 Å². The highest BCUT2D eigenvalue weighted by molar-refractivity contribution is 7.12. The fourth-order valence-corrected chi connectivity index (χ4v) is 3.64. The van der Waals surface area contributed by atoms with Crippen molar-refractivity contribution in [3.8, 4) is 22.1 Å². The molecule has 2 aromatic heterocycles. The van der Waals surface area contributed by atoms with Gasteiger partial charge in [0.05, 0.1) is 18.5 Å². The molecule has 9 heteroatoms. The number of benzene rings is 2. The maximum absolute atomic E-state index is 12.9. The van der Waals surface area contributed by atoms with Crippen LogP contribution in [-0.4, -0.2) is 21.9 Å². The van der Waals surface area contributed by atoms with Crippen molar-refractivity contribution >= 4 is 34.3 Å². The normalized spacial score (nSPS) is 11.3. The van der Waals surface area contributed by atoms with Crippen LogP contribution in [0.1, 0.15) is 5.69 Å². The van der Waals surface area contributed by atoms with E-state index in [1.54, 1.807) is 38.3 Å². The molecule has 0 unspecified atom stereocenters. The first-order chi connectivity index (χ1) is 14.1. The lowest BCUT2D eigenvalue weighted by molar-refractivity contribution is 0.416. The first-order valence-electron chi connectivity index (χ1n) is 8.65. The zero-order valence-electron chi connectivity index (χ0n) is 15.6. The van der Waals surface area contributed by atoms with Crippen LogP contribution >= 0.6 is 22.9 Å². The third-order valence-electron chi connectivity index (χ3n) is 4.21. The monoisotopic (exact) mass is 425 g/mol. The maximum Gasteiger partial charge on any atom is 0.301 e. The molecule has 2 aromatic carbocycles. The van der Waals surface area contributed by atoms with E-state index in [0.29, 0.717) is 27.3 Å². The minimum atomic E-state index is -0.321. The Hall–Kier alpha value is -3.23. The van der Waals surface area contributed by atoms with Gasteiger partial charge in [-0.05, 0) is 31.2 Å². The molecule has 146 valence electrons. The number of hydrogen-bond acceptors (Lipinski definition) is 6. The molecule has 0 fully saturated rings. The van der Waals surface area contributed by atoms with Crippen LogP contribution in [-0.2, 0) is 0 Å². The summed E-state index contributed by atoms with van der Waals surface area (Å²) in [6.07, 6.45) is 0. The first kappa shape index (κ1) is 19.1. The molecule has 0 aliphatic heterocycles. The van der Waals surface area contributed by atoms with Crippen molar-refractivity contribution < 1.29 is 4.74 Å². The average Bonchev–Trinajstić information content (AvgIpc) is 3.32. The summed E-state index contributed by atoms with van der Waals surface area (Å²) in [6, 6.07) is 14.6. The van der Waals surface area contributed by atoms with Crippen molar-refractivity contribution in [2.24, 2.45) is 10.2 Å². The van der Waals surface area contributed by atoms with Gasteiger partial charge in [0.2, 0.25) is 5.13 Å². The number of nitrogens with zero attached hydrogens (tertiary/aromatic N) is 4. The molecule has 4 aromatic rings. The minimum Gasteiger partial charge on any atom is -0.494 e. The van der Waals surface area contributed by atoms with Gasteiger partial charge in [0.25, 0.3) is 0 Å². The Kier molecular flexibility index (Phi) is 5.28. The van der Waals surface area contributed by atoms with E-state index >= 15 is 0 Å². The third kappa shape index (κ3) is 3.85. The van der Waals surface area contributed by atoms with Gasteiger partial charge in [0, 0.05) is 16.0 Å². The average molecular weight is 426 g/mol. The van der Waals surface area contributed by atoms with E-state index in [1.807, 2.05) is 29.6 Å². The molecule has 0 atom stereocenters. The second kappa shape index (κ2) is 8.02. The molecule has 29 heavy (non-hydrogen) atoms. The van der Waals surface area contributed by atoms with Crippen LogP contribution in [0.5, 0.6) is 5.75 Å². The van der Waals surface area contributed by atoms with Crippen molar-refractivity contribution in [2.75, 3.05) is 7.11 Å². The van der Waals surface area contributed by atoms with E-state index in [2.05, 4.69) is 20.3 Å². The Balaban J connectivity index is 1.67. The van der Waals surface area contributed by atoms with Crippen LogP contribution in [0.2, 0.25) is 5.02 Å². The zero-order chi connectivity index (χ0) is 20.4. The van der Waals surface area contributed by atoms with Crippen molar-refractivity contribution in [1.29, 1.82) is 0 Å².